The Kier molecular flexibility index (Phi) is 8.15. The maximum Gasteiger partial charge on any atom is 0.196 e. The van der Waals surface area contributed by atoms with Crippen molar-refractivity contribution >= 4 is 5.96 Å². The minimum absolute atomic E-state index is 0.928. The zero-order valence-corrected chi connectivity index (χ0v) is 11.1. The Bertz CT molecular complexity index is 170. The van der Waals surface area contributed by atoms with Crippen LogP contribution in [0.4, 0.5) is 0 Å². The SMILES string of the molecule is CCC/N=C(/N(C)C)N(CCC)CCC. The van der Waals surface area contributed by atoms with Crippen LogP contribution in [0.5, 0.6) is 0 Å². The average molecular weight is 213 g/mol. The van der Waals surface area contributed by atoms with Gasteiger partial charge < -0.3 is 9.80 Å². The van der Waals surface area contributed by atoms with Crippen LogP contribution in [0.1, 0.15) is 40.0 Å². The fourth-order valence-corrected chi connectivity index (χ4v) is 1.59. The van der Waals surface area contributed by atoms with Gasteiger partial charge in [0.25, 0.3) is 0 Å². The maximum atomic E-state index is 4.65. The lowest BCUT2D eigenvalue weighted by Gasteiger charge is -2.29. The highest BCUT2D eigenvalue weighted by Gasteiger charge is 2.10. The Morgan fingerprint density at radius 3 is 1.80 bits per heavy atom. The molecule has 3 nitrogen and oxygen atoms in total. The van der Waals surface area contributed by atoms with Crippen molar-refractivity contribution in [2.24, 2.45) is 4.99 Å². The monoisotopic (exact) mass is 213 g/mol. The summed E-state index contributed by atoms with van der Waals surface area (Å²) in [5, 5.41) is 0. The van der Waals surface area contributed by atoms with E-state index in [0.717, 1.165) is 32.0 Å². The third-order valence-corrected chi connectivity index (χ3v) is 2.15. The molecule has 0 aromatic rings. The number of nitrogens with zero attached hydrogens (tertiary/aromatic N) is 3. The van der Waals surface area contributed by atoms with Crippen molar-refractivity contribution in [3.8, 4) is 0 Å². The van der Waals surface area contributed by atoms with E-state index in [9.17, 15) is 0 Å². The van der Waals surface area contributed by atoms with Crippen molar-refractivity contribution in [1.29, 1.82) is 0 Å². The van der Waals surface area contributed by atoms with E-state index in [1.54, 1.807) is 0 Å². The molecule has 0 fully saturated rings. The second-order valence-corrected chi connectivity index (χ2v) is 4.06. The van der Waals surface area contributed by atoms with Gasteiger partial charge in [-0.2, -0.15) is 0 Å². The molecule has 90 valence electrons. The largest absolute Gasteiger partial charge is 0.349 e. The van der Waals surface area contributed by atoms with E-state index in [0.29, 0.717) is 0 Å². The molecule has 0 bridgehead atoms. The molecule has 0 atom stereocenters. The van der Waals surface area contributed by atoms with Crippen LogP contribution in [0.3, 0.4) is 0 Å². The molecule has 0 aliphatic heterocycles. The van der Waals surface area contributed by atoms with Crippen LogP contribution in [0.2, 0.25) is 0 Å². The van der Waals surface area contributed by atoms with Gasteiger partial charge >= 0.3 is 0 Å². The molecule has 15 heavy (non-hydrogen) atoms. The molecule has 0 rings (SSSR count). The third-order valence-electron chi connectivity index (χ3n) is 2.15. The quantitative estimate of drug-likeness (QED) is 0.498. The van der Waals surface area contributed by atoms with Crippen LogP contribution in [0.15, 0.2) is 4.99 Å². The summed E-state index contributed by atoms with van der Waals surface area (Å²) in [6, 6.07) is 0. The van der Waals surface area contributed by atoms with Crippen molar-refractivity contribution in [3.05, 3.63) is 0 Å². The summed E-state index contributed by atoms with van der Waals surface area (Å²) in [5.74, 6) is 1.14. The smallest absolute Gasteiger partial charge is 0.196 e. The van der Waals surface area contributed by atoms with Crippen molar-refractivity contribution in [1.82, 2.24) is 9.80 Å². The second-order valence-electron chi connectivity index (χ2n) is 4.06. The average Bonchev–Trinajstić information content (AvgIpc) is 2.18. The Balaban J connectivity index is 4.51. The van der Waals surface area contributed by atoms with Gasteiger partial charge in [0.15, 0.2) is 5.96 Å². The van der Waals surface area contributed by atoms with Gasteiger partial charge in [0, 0.05) is 33.7 Å². The van der Waals surface area contributed by atoms with Crippen molar-refractivity contribution in [2.45, 2.75) is 40.0 Å². The molecule has 3 heteroatoms. The van der Waals surface area contributed by atoms with Gasteiger partial charge in [0.1, 0.15) is 0 Å². The standard InChI is InChI=1S/C12H27N3/c1-6-9-13-12(14(4)5)15(10-7-2)11-8-3/h6-11H2,1-5H3/b13-12-. The molecule has 0 aliphatic rings. The summed E-state index contributed by atoms with van der Waals surface area (Å²) in [7, 11) is 4.15. The molecule has 0 amide bonds. The summed E-state index contributed by atoms with van der Waals surface area (Å²) in [6.07, 6.45) is 3.47. The summed E-state index contributed by atoms with van der Waals surface area (Å²) < 4.78 is 0. The molecule has 0 aromatic heterocycles. The van der Waals surface area contributed by atoms with Gasteiger partial charge in [-0.15, -0.1) is 0 Å². The topological polar surface area (TPSA) is 18.8 Å². The molecule has 0 saturated heterocycles. The lowest BCUT2D eigenvalue weighted by atomic mass is 10.3. The zero-order valence-electron chi connectivity index (χ0n) is 11.1. The van der Waals surface area contributed by atoms with Crippen molar-refractivity contribution in [3.63, 3.8) is 0 Å². The first-order valence-electron chi connectivity index (χ1n) is 6.14. The second kappa shape index (κ2) is 8.57. The first kappa shape index (κ1) is 14.3. The summed E-state index contributed by atoms with van der Waals surface area (Å²) in [4.78, 5) is 9.16. The predicted octanol–water partition coefficient (Wildman–Crippen LogP) is 2.44. The predicted molar refractivity (Wildman–Crippen MR) is 68.4 cm³/mol. The number of rotatable bonds is 6. The highest BCUT2D eigenvalue weighted by atomic mass is 15.4. The fourth-order valence-electron chi connectivity index (χ4n) is 1.59. The van der Waals surface area contributed by atoms with Crippen LogP contribution in [0, 0.1) is 0 Å². The molecule has 0 N–H and O–H groups in total. The van der Waals surface area contributed by atoms with E-state index in [1.165, 1.54) is 12.8 Å². The van der Waals surface area contributed by atoms with Crippen LogP contribution in [-0.2, 0) is 0 Å². The van der Waals surface area contributed by atoms with Gasteiger partial charge in [0.2, 0.25) is 0 Å². The zero-order chi connectivity index (χ0) is 11.7. The number of hydrogen-bond acceptors (Lipinski definition) is 1. The highest BCUT2D eigenvalue weighted by Crippen LogP contribution is 2.00. The number of guanidine groups is 1. The van der Waals surface area contributed by atoms with E-state index in [1.807, 2.05) is 0 Å². The third kappa shape index (κ3) is 5.65. The van der Waals surface area contributed by atoms with Crippen LogP contribution in [-0.4, -0.2) is 49.5 Å². The fraction of sp³-hybridized carbons (Fsp3) is 0.917. The number of aliphatic imine (C=N–C) groups is 1. The van der Waals surface area contributed by atoms with E-state index >= 15 is 0 Å². The molecule has 0 unspecified atom stereocenters. The summed E-state index contributed by atoms with van der Waals surface area (Å²) in [6.45, 7) is 9.74. The maximum absolute atomic E-state index is 4.65. The molecule has 0 spiro atoms. The van der Waals surface area contributed by atoms with E-state index in [4.69, 9.17) is 0 Å². The summed E-state index contributed by atoms with van der Waals surface area (Å²) in [5.41, 5.74) is 0. The van der Waals surface area contributed by atoms with Gasteiger partial charge in [-0.1, -0.05) is 20.8 Å². The van der Waals surface area contributed by atoms with Crippen LogP contribution >= 0.6 is 0 Å². The summed E-state index contributed by atoms with van der Waals surface area (Å²) >= 11 is 0. The first-order valence-corrected chi connectivity index (χ1v) is 6.14. The lowest BCUT2D eigenvalue weighted by Crippen LogP contribution is -2.41. The number of hydrogen-bond donors (Lipinski definition) is 0. The first-order chi connectivity index (χ1) is 7.17. The molecule has 0 radical (unpaired) electrons. The Morgan fingerprint density at radius 1 is 0.933 bits per heavy atom. The Morgan fingerprint density at radius 2 is 1.47 bits per heavy atom. The van der Waals surface area contributed by atoms with Crippen molar-refractivity contribution < 1.29 is 0 Å². The molecule has 0 saturated carbocycles. The van der Waals surface area contributed by atoms with Gasteiger partial charge in [0.05, 0.1) is 0 Å². The minimum Gasteiger partial charge on any atom is -0.349 e. The molecule has 0 heterocycles. The Hall–Kier alpha value is -0.730. The van der Waals surface area contributed by atoms with Gasteiger partial charge in [-0.25, -0.2) is 0 Å². The van der Waals surface area contributed by atoms with Crippen molar-refractivity contribution in [2.75, 3.05) is 33.7 Å². The highest BCUT2D eigenvalue weighted by molar-refractivity contribution is 5.79. The molecular weight excluding hydrogens is 186 g/mol. The molecular formula is C12H27N3. The normalized spacial score (nSPS) is 11.7. The van der Waals surface area contributed by atoms with Crippen LogP contribution < -0.4 is 0 Å². The minimum atomic E-state index is 0.928. The van der Waals surface area contributed by atoms with E-state index in [-0.39, 0.29) is 0 Å². The van der Waals surface area contributed by atoms with E-state index < -0.39 is 0 Å². The van der Waals surface area contributed by atoms with Crippen LogP contribution in [0.25, 0.3) is 0 Å². The van der Waals surface area contributed by atoms with Gasteiger partial charge in [-0.05, 0) is 19.3 Å². The van der Waals surface area contributed by atoms with Gasteiger partial charge in [-0.3, -0.25) is 4.99 Å². The van der Waals surface area contributed by atoms with E-state index in [2.05, 4.69) is 49.7 Å². The lowest BCUT2D eigenvalue weighted by molar-refractivity contribution is 0.362. The Labute approximate surface area is 95.2 Å². The molecule has 0 aliphatic carbocycles. The molecule has 0 aromatic carbocycles.